The number of ether oxygens (including phenoxy) is 1. The van der Waals surface area contributed by atoms with E-state index in [1.54, 1.807) is 30.3 Å². The predicted molar refractivity (Wildman–Crippen MR) is 111 cm³/mol. The topological polar surface area (TPSA) is 106 Å². The molecule has 8 nitrogen and oxygen atoms in total. The number of rotatable bonds is 7. The van der Waals surface area contributed by atoms with E-state index in [0.717, 1.165) is 12.8 Å². The summed E-state index contributed by atoms with van der Waals surface area (Å²) < 4.78 is 9.94. The zero-order valence-corrected chi connectivity index (χ0v) is 17.8. The SMILES string of the molecule is CN(C(=O)COC(=O)CNC(=O)c1ccco1)C1(c2ccccc2Cl)CCCCC1=O. The second kappa shape index (κ2) is 9.78. The number of nitrogens with one attached hydrogen (secondary N) is 1. The van der Waals surface area contributed by atoms with Gasteiger partial charge in [-0.1, -0.05) is 29.8 Å². The van der Waals surface area contributed by atoms with E-state index in [1.807, 2.05) is 0 Å². The Balaban J connectivity index is 1.65. The number of carbonyl (C=O) groups excluding carboxylic acids is 4. The molecule has 1 N–H and O–H groups in total. The van der Waals surface area contributed by atoms with Gasteiger partial charge in [0.1, 0.15) is 12.1 Å². The second-order valence-corrected chi connectivity index (χ2v) is 7.65. The molecule has 1 aliphatic carbocycles. The smallest absolute Gasteiger partial charge is 0.325 e. The zero-order valence-electron chi connectivity index (χ0n) is 17.1. The van der Waals surface area contributed by atoms with Crippen LogP contribution in [-0.2, 0) is 24.7 Å². The summed E-state index contributed by atoms with van der Waals surface area (Å²) in [5, 5.41) is 2.74. The Morgan fingerprint density at radius 3 is 2.65 bits per heavy atom. The average Bonchev–Trinajstić information content (AvgIpc) is 3.31. The summed E-state index contributed by atoms with van der Waals surface area (Å²) >= 11 is 6.38. The molecule has 1 aliphatic rings. The molecule has 9 heteroatoms. The van der Waals surface area contributed by atoms with Gasteiger partial charge in [0.05, 0.1) is 6.26 Å². The summed E-state index contributed by atoms with van der Waals surface area (Å²) in [6.07, 6.45) is 3.61. The molecule has 3 rings (SSSR count). The normalized spacial score (nSPS) is 18.3. The van der Waals surface area contributed by atoms with E-state index in [-0.39, 0.29) is 11.5 Å². The molecule has 1 saturated carbocycles. The van der Waals surface area contributed by atoms with Crippen LogP contribution in [0.15, 0.2) is 47.1 Å². The van der Waals surface area contributed by atoms with Crippen LogP contribution < -0.4 is 5.32 Å². The van der Waals surface area contributed by atoms with Crippen molar-refractivity contribution < 1.29 is 28.3 Å². The first kappa shape index (κ1) is 22.6. The average molecular weight is 447 g/mol. The summed E-state index contributed by atoms with van der Waals surface area (Å²) in [7, 11) is 1.52. The highest BCUT2D eigenvalue weighted by atomic mass is 35.5. The molecule has 0 saturated heterocycles. The second-order valence-electron chi connectivity index (χ2n) is 7.24. The van der Waals surface area contributed by atoms with Gasteiger partial charge in [-0.2, -0.15) is 0 Å². The molecule has 0 aliphatic heterocycles. The minimum absolute atomic E-state index is 0.0566. The Kier molecular flexibility index (Phi) is 7.12. The van der Waals surface area contributed by atoms with Gasteiger partial charge in [-0.05, 0) is 37.5 Å². The Morgan fingerprint density at radius 2 is 1.97 bits per heavy atom. The lowest BCUT2D eigenvalue weighted by Gasteiger charge is -2.43. The number of hydrogen-bond donors (Lipinski definition) is 1. The van der Waals surface area contributed by atoms with Crippen LogP contribution in [0.1, 0.15) is 41.8 Å². The maximum atomic E-state index is 13.0. The first-order valence-electron chi connectivity index (χ1n) is 9.88. The largest absolute Gasteiger partial charge is 0.459 e. The number of esters is 1. The van der Waals surface area contributed by atoms with Crippen LogP contribution in [0, 0.1) is 0 Å². The lowest BCUT2D eigenvalue weighted by molar-refractivity contribution is -0.157. The van der Waals surface area contributed by atoms with Gasteiger partial charge in [0.2, 0.25) is 0 Å². The van der Waals surface area contributed by atoms with Crippen molar-refractivity contribution >= 4 is 35.2 Å². The van der Waals surface area contributed by atoms with Crippen molar-refractivity contribution in [3.8, 4) is 0 Å². The molecular formula is C22H23ClN2O6. The van der Waals surface area contributed by atoms with Gasteiger partial charge >= 0.3 is 5.97 Å². The highest BCUT2D eigenvalue weighted by Crippen LogP contribution is 2.42. The fourth-order valence-corrected chi connectivity index (χ4v) is 4.07. The van der Waals surface area contributed by atoms with Crippen LogP contribution in [0.2, 0.25) is 5.02 Å². The minimum atomic E-state index is -1.20. The van der Waals surface area contributed by atoms with Crippen molar-refractivity contribution in [1.82, 2.24) is 10.2 Å². The van der Waals surface area contributed by atoms with E-state index in [0.29, 0.717) is 23.4 Å². The van der Waals surface area contributed by atoms with Crippen molar-refractivity contribution in [1.29, 1.82) is 0 Å². The first-order chi connectivity index (χ1) is 14.9. The quantitative estimate of drug-likeness (QED) is 0.655. The molecule has 1 aromatic heterocycles. The number of nitrogens with zero attached hydrogens (tertiary/aromatic N) is 1. The van der Waals surface area contributed by atoms with Crippen molar-refractivity contribution in [2.24, 2.45) is 0 Å². The van der Waals surface area contributed by atoms with Crippen LogP contribution in [0.3, 0.4) is 0 Å². The number of benzene rings is 1. The first-order valence-corrected chi connectivity index (χ1v) is 10.3. The van der Waals surface area contributed by atoms with Crippen LogP contribution >= 0.6 is 11.6 Å². The molecule has 1 aromatic carbocycles. The lowest BCUT2D eigenvalue weighted by Crippen LogP contribution is -2.55. The van der Waals surface area contributed by atoms with Gasteiger partial charge in [-0.15, -0.1) is 0 Å². The van der Waals surface area contributed by atoms with E-state index in [1.165, 1.54) is 24.3 Å². The zero-order chi connectivity index (χ0) is 22.4. The molecule has 0 bridgehead atoms. The number of likely N-dealkylation sites (N-methyl/N-ethyl adjacent to an activating group) is 1. The summed E-state index contributed by atoms with van der Waals surface area (Å²) in [6, 6.07) is 9.95. The Morgan fingerprint density at radius 1 is 1.19 bits per heavy atom. The van der Waals surface area contributed by atoms with Gasteiger partial charge in [0.15, 0.2) is 18.2 Å². The fraction of sp³-hybridized carbons (Fsp3) is 0.364. The van der Waals surface area contributed by atoms with E-state index in [2.05, 4.69) is 5.32 Å². The molecule has 164 valence electrons. The molecule has 2 amide bonds. The highest BCUT2D eigenvalue weighted by Gasteiger charge is 2.47. The van der Waals surface area contributed by atoms with Crippen LogP contribution in [0.5, 0.6) is 0 Å². The van der Waals surface area contributed by atoms with E-state index < -0.39 is 36.5 Å². The third kappa shape index (κ3) is 4.80. The van der Waals surface area contributed by atoms with E-state index in [4.69, 9.17) is 20.8 Å². The highest BCUT2D eigenvalue weighted by molar-refractivity contribution is 6.31. The maximum absolute atomic E-state index is 13.0. The lowest BCUT2D eigenvalue weighted by atomic mass is 9.74. The summed E-state index contributed by atoms with van der Waals surface area (Å²) in [6.45, 7) is -0.990. The summed E-state index contributed by atoms with van der Waals surface area (Å²) in [5.41, 5.74) is -0.637. The van der Waals surface area contributed by atoms with Crippen molar-refractivity contribution in [2.75, 3.05) is 20.2 Å². The Labute approximate surface area is 184 Å². The van der Waals surface area contributed by atoms with Crippen LogP contribution in [-0.4, -0.2) is 48.7 Å². The predicted octanol–water partition coefficient (Wildman–Crippen LogP) is 2.70. The summed E-state index contributed by atoms with van der Waals surface area (Å²) in [4.78, 5) is 51.0. The van der Waals surface area contributed by atoms with Gasteiger partial charge in [0, 0.05) is 24.1 Å². The molecule has 1 heterocycles. The number of hydrogen-bond acceptors (Lipinski definition) is 6. The molecular weight excluding hydrogens is 424 g/mol. The molecule has 2 aromatic rings. The third-order valence-electron chi connectivity index (χ3n) is 5.41. The number of furan rings is 1. The standard InChI is InChI=1S/C22H23ClN2O6/c1-25(19(27)14-31-20(28)13-24-21(29)17-9-6-12-30-17)22(11-5-4-10-18(22)26)15-7-2-3-8-16(15)23/h2-3,6-9,12H,4-5,10-11,13-14H2,1H3,(H,24,29). The number of Topliss-reactive ketones (excluding diaryl/α,β-unsaturated/α-hetero) is 1. The van der Waals surface area contributed by atoms with Crippen LogP contribution in [0.4, 0.5) is 0 Å². The number of carbonyl (C=O) groups is 4. The summed E-state index contributed by atoms with van der Waals surface area (Å²) in [5.74, 6) is -1.94. The minimum Gasteiger partial charge on any atom is -0.459 e. The van der Waals surface area contributed by atoms with Crippen molar-refractivity contribution in [3.63, 3.8) is 0 Å². The number of halogens is 1. The van der Waals surface area contributed by atoms with Crippen molar-refractivity contribution in [2.45, 2.75) is 31.2 Å². The molecule has 1 fully saturated rings. The number of ketones is 1. The molecule has 0 spiro atoms. The molecule has 0 radical (unpaired) electrons. The Hall–Kier alpha value is -3.13. The molecule has 31 heavy (non-hydrogen) atoms. The van der Waals surface area contributed by atoms with Crippen LogP contribution in [0.25, 0.3) is 0 Å². The Bertz CT molecular complexity index is 974. The molecule has 1 atom stereocenters. The number of amides is 2. The van der Waals surface area contributed by atoms with Gasteiger partial charge in [-0.3, -0.25) is 19.2 Å². The van der Waals surface area contributed by atoms with Gasteiger partial charge in [0.25, 0.3) is 11.8 Å². The monoisotopic (exact) mass is 446 g/mol. The maximum Gasteiger partial charge on any atom is 0.325 e. The molecule has 1 unspecified atom stereocenters. The third-order valence-corrected chi connectivity index (χ3v) is 5.74. The van der Waals surface area contributed by atoms with Crippen molar-refractivity contribution in [3.05, 3.63) is 59.0 Å². The van der Waals surface area contributed by atoms with Gasteiger partial charge in [-0.25, -0.2) is 0 Å². The fourth-order valence-electron chi connectivity index (χ4n) is 3.78. The van der Waals surface area contributed by atoms with E-state index >= 15 is 0 Å². The van der Waals surface area contributed by atoms with E-state index in [9.17, 15) is 19.2 Å². The van der Waals surface area contributed by atoms with Gasteiger partial charge < -0.3 is 19.4 Å².